The number of nitrogens with zero attached hydrogens (tertiary/aromatic N) is 3. The Bertz CT molecular complexity index is 1710. The Morgan fingerprint density at radius 1 is 0.805 bits per heavy atom. The summed E-state index contributed by atoms with van der Waals surface area (Å²) in [5.74, 6) is 1.07. The molecule has 0 atom stereocenters. The van der Waals surface area contributed by atoms with Crippen molar-refractivity contribution >= 4 is 28.2 Å². The second kappa shape index (κ2) is 11.7. The first-order chi connectivity index (χ1) is 19.8. The lowest BCUT2D eigenvalue weighted by atomic mass is 10.0. The maximum absolute atomic E-state index is 12.3. The fraction of sp³-hybridized carbons (Fsp3) is 0.129. The second-order valence-corrected chi connectivity index (χ2v) is 9.31. The van der Waals surface area contributed by atoms with Crippen molar-refractivity contribution in [2.24, 2.45) is 0 Å². The maximum atomic E-state index is 12.3. The number of fused-ring (bicyclic) bond motifs is 1. The van der Waals surface area contributed by atoms with Gasteiger partial charge in [-0.05, 0) is 59.5 Å². The van der Waals surface area contributed by atoms with Gasteiger partial charge in [-0.1, -0.05) is 42.5 Å². The van der Waals surface area contributed by atoms with Crippen LogP contribution in [0.25, 0.3) is 22.0 Å². The molecular weight excluding hydrogens is 526 g/mol. The zero-order valence-corrected chi connectivity index (χ0v) is 22.1. The van der Waals surface area contributed by atoms with E-state index in [1.165, 1.54) is 12.1 Å². The van der Waals surface area contributed by atoms with Crippen LogP contribution in [0.2, 0.25) is 0 Å². The number of benzene rings is 4. The van der Waals surface area contributed by atoms with Crippen LogP contribution in [-0.2, 0) is 22.5 Å². The summed E-state index contributed by atoms with van der Waals surface area (Å²) in [7, 11) is 0. The van der Waals surface area contributed by atoms with Gasteiger partial charge in [-0.3, -0.25) is 25.0 Å². The maximum Gasteiger partial charge on any atom is 0.310 e. The summed E-state index contributed by atoms with van der Waals surface area (Å²) >= 11 is 0. The number of rotatable bonds is 10. The Labute approximate surface area is 234 Å². The van der Waals surface area contributed by atoms with E-state index in [0.29, 0.717) is 23.4 Å². The molecule has 0 aliphatic carbocycles. The van der Waals surface area contributed by atoms with E-state index in [1.54, 1.807) is 13.0 Å². The van der Waals surface area contributed by atoms with E-state index >= 15 is 0 Å². The molecule has 0 saturated heterocycles. The highest BCUT2D eigenvalue weighted by Gasteiger charge is 2.19. The van der Waals surface area contributed by atoms with Crippen molar-refractivity contribution in [3.05, 3.63) is 129 Å². The first-order valence-corrected chi connectivity index (χ1v) is 12.8. The number of hydrogen-bond acceptors (Lipinski definition) is 7. The SMILES string of the molecule is CCOC(=O)Cc1cn(Cc2ccc(Oc3ccccc3)cc2)c2cc(-c3cc([N+](=O)[O-])cc([N+](=O)[O-])c3)ccc12. The van der Waals surface area contributed by atoms with E-state index in [2.05, 4.69) is 0 Å². The third-order valence-corrected chi connectivity index (χ3v) is 6.52. The molecule has 10 nitrogen and oxygen atoms in total. The van der Waals surface area contributed by atoms with Crippen LogP contribution >= 0.6 is 0 Å². The third kappa shape index (κ3) is 6.22. The fourth-order valence-electron chi connectivity index (χ4n) is 4.64. The number of nitro groups is 2. The molecule has 0 saturated carbocycles. The van der Waals surface area contributed by atoms with E-state index in [9.17, 15) is 25.0 Å². The van der Waals surface area contributed by atoms with E-state index in [0.717, 1.165) is 33.8 Å². The van der Waals surface area contributed by atoms with Gasteiger partial charge in [0.15, 0.2) is 0 Å². The number of para-hydroxylation sites is 1. The number of esters is 1. The average Bonchev–Trinajstić information content (AvgIpc) is 3.30. The molecule has 0 fully saturated rings. The summed E-state index contributed by atoms with van der Waals surface area (Å²) in [5.41, 5.74) is 2.67. The molecule has 0 bridgehead atoms. The normalized spacial score (nSPS) is 10.9. The van der Waals surface area contributed by atoms with Gasteiger partial charge in [0.1, 0.15) is 11.5 Å². The van der Waals surface area contributed by atoms with Crippen molar-refractivity contribution in [3.8, 4) is 22.6 Å². The smallest absolute Gasteiger partial charge is 0.310 e. The van der Waals surface area contributed by atoms with Crippen LogP contribution in [0.1, 0.15) is 18.1 Å². The Kier molecular flexibility index (Phi) is 7.73. The molecule has 41 heavy (non-hydrogen) atoms. The quantitative estimate of drug-likeness (QED) is 0.103. The van der Waals surface area contributed by atoms with Gasteiger partial charge in [-0.15, -0.1) is 0 Å². The molecule has 0 N–H and O–H groups in total. The fourth-order valence-corrected chi connectivity index (χ4v) is 4.64. The first kappa shape index (κ1) is 27.1. The van der Waals surface area contributed by atoms with Gasteiger partial charge in [0.2, 0.25) is 0 Å². The van der Waals surface area contributed by atoms with Crippen LogP contribution in [0.4, 0.5) is 11.4 Å². The highest BCUT2D eigenvalue weighted by Crippen LogP contribution is 2.33. The van der Waals surface area contributed by atoms with Crippen LogP contribution in [0.15, 0.2) is 97.2 Å². The highest BCUT2D eigenvalue weighted by molar-refractivity contribution is 5.91. The topological polar surface area (TPSA) is 127 Å². The Morgan fingerprint density at radius 2 is 1.46 bits per heavy atom. The van der Waals surface area contributed by atoms with Crippen molar-refractivity contribution in [2.75, 3.05) is 6.61 Å². The van der Waals surface area contributed by atoms with Gasteiger partial charge in [0, 0.05) is 35.8 Å². The minimum absolute atomic E-state index is 0.0722. The van der Waals surface area contributed by atoms with Crippen molar-refractivity contribution in [1.82, 2.24) is 4.57 Å². The zero-order valence-electron chi connectivity index (χ0n) is 22.1. The lowest BCUT2D eigenvalue weighted by molar-refractivity contribution is -0.394. The Hall–Kier alpha value is -5.51. The highest BCUT2D eigenvalue weighted by atomic mass is 16.6. The van der Waals surface area contributed by atoms with Crippen LogP contribution in [-0.4, -0.2) is 27.0 Å². The van der Waals surface area contributed by atoms with Gasteiger partial charge in [0.25, 0.3) is 11.4 Å². The molecule has 0 aliphatic rings. The second-order valence-electron chi connectivity index (χ2n) is 9.31. The molecule has 5 aromatic rings. The largest absolute Gasteiger partial charge is 0.466 e. The predicted octanol–water partition coefficient (Wildman–Crippen LogP) is 7.07. The number of carbonyl (C=O) groups is 1. The van der Waals surface area contributed by atoms with Crippen LogP contribution in [0, 0.1) is 20.2 Å². The number of hydrogen-bond donors (Lipinski definition) is 0. The molecule has 1 aromatic heterocycles. The molecule has 5 rings (SSSR count). The Balaban J connectivity index is 1.52. The average molecular weight is 552 g/mol. The molecular formula is C31H25N3O7. The Morgan fingerprint density at radius 3 is 2.10 bits per heavy atom. The standard InChI is InChI=1S/C31H25N3O7/c1-2-40-31(35)17-24-20-32(19-21-8-11-28(12-9-21)41-27-6-4-3-5-7-27)30-16-22(10-13-29(24)30)23-14-25(33(36)37)18-26(15-23)34(38)39/h3-16,18,20H,2,17,19H2,1H3. The molecule has 0 unspecified atom stereocenters. The molecule has 0 amide bonds. The molecule has 0 radical (unpaired) electrons. The number of aromatic nitrogens is 1. The summed E-state index contributed by atoms with van der Waals surface area (Å²) in [4.78, 5) is 33.9. The van der Waals surface area contributed by atoms with Crippen LogP contribution in [0.3, 0.4) is 0 Å². The molecule has 0 aliphatic heterocycles. The van der Waals surface area contributed by atoms with E-state index < -0.39 is 9.85 Å². The summed E-state index contributed by atoms with van der Waals surface area (Å²) in [6, 6.07) is 26.0. The molecule has 206 valence electrons. The van der Waals surface area contributed by atoms with Crippen molar-refractivity contribution in [1.29, 1.82) is 0 Å². The van der Waals surface area contributed by atoms with Gasteiger partial charge >= 0.3 is 5.97 Å². The minimum atomic E-state index is -0.652. The predicted molar refractivity (Wildman–Crippen MR) is 153 cm³/mol. The summed E-state index contributed by atoms with van der Waals surface area (Å²) in [6.07, 6.45) is 1.96. The van der Waals surface area contributed by atoms with E-state index in [1.807, 2.05) is 77.5 Å². The first-order valence-electron chi connectivity index (χ1n) is 12.8. The van der Waals surface area contributed by atoms with Gasteiger partial charge in [-0.2, -0.15) is 0 Å². The van der Waals surface area contributed by atoms with Crippen molar-refractivity contribution in [3.63, 3.8) is 0 Å². The van der Waals surface area contributed by atoms with E-state index in [4.69, 9.17) is 9.47 Å². The molecule has 10 heteroatoms. The van der Waals surface area contributed by atoms with Gasteiger partial charge in [0.05, 0.1) is 28.9 Å². The van der Waals surface area contributed by atoms with Crippen LogP contribution in [0.5, 0.6) is 11.5 Å². The minimum Gasteiger partial charge on any atom is -0.466 e. The van der Waals surface area contributed by atoms with E-state index in [-0.39, 0.29) is 30.4 Å². The third-order valence-electron chi connectivity index (χ3n) is 6.52. The number of nitro benzene ring substituents is 2. The van der Waals surface area contributed by atoms with Gasteiger partial charge < -0.3 is 14.0 Å². The lowest BCUT2D eigenvalue weighted by Gasteiger charge is -2.09. The summed E-state index contributed by atoms with van der Waals surface area (Å²) in [6.45, 7) is 2.48. The zero-order chi connectivity index (χ0) is 28.9. The van der Waals surface area contributed by atoms with Crippen molar-refractivity contribution in [2.45, 2.75) is 19.9 Å². The lowest BCUT2D eigenvalue weighted by Crippen LogP contribution is -2.07. The monoisotopic (exact) mass is 551 g/mol. The molecule has 4 aromatic carbocycles. The van der Waals surface area contributed by atoms with Crippen molar-refractivity contribution < 1.29 is 24.1 Å². The number of non-ortho nitro benzene ring substituents is 2. The van der Waals surface area contributed by atoms with Gasteiger partial charge in [-0.25, -0.2) is 0 Å². The number of carbonyl (C=O) groups excluding carboxylic acids is 1. The molecule has 1 heterocycles. The molecule has 0 spiro atoms. The summed E-state index contributed by atoms with van der Waals surface area (Å²) < 4.78 is 13.0. The number of ether oxygens (including phenoxy) is 2. The van der Waals surface area contributed by atoms with Crippen LogP contribution < -0.4 is 4.74 Å². The summed E-state index contributed by atoms with van der Waals surface area (Å²) in [5, 5.41) is 23.7.